The van der Waals surface area contributed by atoms with Gasteiger partial charge in [-0.2, -0.15) is 0 Å². The van der Waals surface area contributed by atoms with Crippen LogP contribution >= 0.6 is 0 Å². The van der Waals surface area contributed by atoms with Gasteiger partial charge in [0, 0.05) is 26.7 Å². The zero-order chi connectivity index (χ0) is 18.6. The first-order valence-electron chi connectivity index (χ1n) is 9.47. The zero-order valence-electron chi connectivity index (χ0n) is 15.9. The van der Waals surface area contributed by atoms with Gasteiger partial charge in [0.1, 0.15) is 18.5 Å². The first-order valence-corrected chi connectivity index (χ1v) is 9.47. The standard InChI is InChI=1S/C22H26N2O3/c1-16-3-7-18(8-4-16)22-20-14-24(15-21(20)27-23-22)13-17-5-9-19(10-6-17)26-12-11-25-2/h3-10,20-21H,11-15H2,1-2H3/t20-,21-/m0/s1. The lowest BCUT2D eigenvalue weighted by molar-refractivity contribution is 0.0745. The normalized spacial score (nSPS) is 21.6. The minimum atomic E-state index is 0.165. The highest BCUT2D eigenvalue weighted by molar-refractivity contribution is 6.03. The van der Waals surface area contributed by atoms with Crippen molar-refractivity contribution in [1.29, 1.82) is 0 Å². The first-order chi connectivity index (χ1) is 13.2. The van der Waals surface area contributed by atoms with Crippen LogP contribution < -0.4 is 4.74 Å². The monoisotopic (exact) mass is 366 g/mol. The third kappa shape index (κ3) is 4.15. The van der Waals surface area contributed by atoms with Crippen molar-refractivity contribution >= 4 is 5.71 Å². The van der Waals surface area contributed by atoms with Gasteiger partial charge in [-0.25, -0.2) is 0 Å². The van der Waals surface area contributed by atoms with Crippen LogP contribution in [0.15, 0.2) is 53.7 Å². The number of benzene rings is 2. The summed E-state index contributed by atoms with van der Waals surface area (Å²) in [6, 6.07) is 16.9. The number of aryl methyl sites for hydroxylation is 1. The summed E-state index contributed by atoms with van der Waals surface area (Å²) in [6.07, 6.45) is 0.165. The Hall–Kier alpha value is -2.37. The Morgan fingerprint density at radius 2 is 1.81 bits per heavy atom. The molecule has 0 unspecified atom stereocenters. The molecule has 0 amide bonds. The molecule has 2 aliphatic rings. The number of methoxy groups -OCH3 is 1. The lowest BCUT2D eigenvalue weighted by Crippen LogP contribution is -2.23. The topological polar surface area (TPSA) is 43.3 Å². The van der Waals surface area contributed by atoms with E-state index in [-0.39, 0.29) is 6.10 Å². The van der Waals surface area contributed by atoms with Gasteiger partial charge in [0.25, 0.3) is 0 Å². The molecular weight excluding hydrogens is 340 g/mol. The van der Waals surface area contributed by atoms with Crippen molar-refractivity contribution in [3.8, 4) is 5.75 Å². The Morgan fingerprint density at radius 3 is 2.56 bits per heavy atom. The molecule has 2 atom stereocenters. The van der Waals surface area contributed by atoms with Gasteiger partial charge in [-0.05, 0) is 30.2 Å². The number of likely N-dealkylation sites (tertiary alicyclic amines) is 1. The summed E-state index contributed by atoms with van der Waals surface area (Å²) in [6.45, 7) is 6.08. The van der Waals surface area contributed by atoms with E-state index in [2.05, 4.69) is 53.4 Å². The van der Waals surface area contributed by atoms with Crippen molar-refractivity contribution in [3.05, 3.63) is 65.2 Å². The van der Waals surface area contributed by atoms with Crippen molar-refractivity contribution in [2.24, 2.45) is 11.1 Å². The molecule has 142 valence electrons. The molecule has 0 spiro atoms. The summed E-state index contributed by atoms with van der Waals surface area (Å²) in [7, 11) is 1.68. The van der Waals surface area contributed by atoms with E-state index in [9.17, 15) is 0 Å². The minimum absolute atomic E-state index is 0.165. The van der Waals surface area contributed by atoms with Gasteiger partial charge in [-0.1, -0.05) is 47.1 Å². The Bertz CT molecular complexity index is 786. The summed E-state index contributed by atoms with van der Waals surface area (Å²) < 4.78 is 10.6. The van der Waals surface area contributed by atoms with Gasteiger partial charge in [0.15, 0.2) is 0 Å². The van der Waals surface area contributed by atoms with Gasteiger partial charge >= 0.3 is 0 Å². The fraction of sp³-hybridized carbons (Fsp3) is 0.409. The van der Waals surface area contributed by atoms with Crippen molar-refractivity contribution < 1.29 is 14.3 Å². The highest BCUT2D eigenvalue weighted by Crippen LogP contribution is 2.31. The molecule has 5 nitrogen and oxygen atoms in total. The average Bonchev–Trinajstić information content (AvgIpc) is 3.24. The van der Waals surface area contributed by atoms with E-state index >= 15 is 0 Å². The van der Waals surface area contributed by atoms with Crippen molar-refractivity contribution in [3.63, 3.8) is 0 Å². The van der Waals surface area contributed by atoms with Crippen molar-refractivity contribution in [2.45, 2.75) is 19.6 Å². The third-order valence-corrected chi connectivity index (χ3v) is 5.21. The molecule has 2 aromatic rings. The molecule has 5 heteroatoms. The molecule has 2 aromatic carbocycles. The summed E-state index contributed by atoms with van der Waals surface area (Å²) in [4.78, 5) is 8.17. The van der Waals surface area contributed by atoms with E-state index in [0.29, 0.717) is 19.1 Å². The summed E-state index contributed by atoms with van der Waals surface area (Å²) in [5.74, 6) is 1.23. The predicted molar refractivity (Wildman–Crippen MR) is 105 cm³/mol. The second-order valence-corrected chi connectivity index (χ2v) is 7.27. The van der Waals surface area contributed by atoms with Crippen LogP contribution in [0, 0.1) is 12.8 Å². The van der Waals surface area contributed by atoms with E-state index in [1.54, 1.807) is 7.11 Å². The second-order valence-electron chi connectivity index (χ2n) is 7.27. The fourth-order valence-corrected chi connectivity index (χ4v) is 3.73. The molecule has 4 rings (SSSR count). The average molecular weight is 366 g/mol. The minimum Gasteiger partial charge on any atom is -0.491 e. The Labute approximate surface area is 160 Å². The molecule has 0 aliphatic carbocycles. The molecule has 0 saturated carbocycles. The van der Waals surface area contributed by atoms with E-state index in [0.717, 1.165) is 31.1 Å². The predicted octanol–water partition coefficient (Wildman–Crippen LogP) is 3.26. The van der Waals surface area contributed by atoms with Crippen LogP contribution in [0.1, 0.15) is 16.7 Å². The molecular formula is C22H26N2O3. The summed E-state index contributed by atoms with van der Waals surface area (Å²) in [5, 5.41) is 4.37. The second kappa shape index (κ2) is 8.11. The van der Waals surface area contributed by atoms with E-state index in [4.69, 9.17) is 14.3 Å². The maximum absolute atomic E-state index is 5.73. The van der Waals surface area contributed by atoms with Crippen LogP contribution in [0.25, 0.3) is 0 Å². The smallest absolute Gasteiger partial charge is 0.149 e. The lowest BCUT2D eigenvalue weighted by atomic mass is 9.94. The lowest BCUT2D eigenvalue weighted by Gasteiger charge is -2.16. The van der Waals surface area contributed by atoms with Gasteiger partial charge in [-0.15, -0.1) is 0 Å². The number of oxime groups is 1. The molecule has 0 N–H and O–H groups in total. The number of ether oxygens (including phenoxy) is 2. The van der Waals surface area contributed by atoms with Crippen LogP contribution in [0.4, 0.5) is 0 Å². The Kier molecular flexibility index (Phi) is 5.41. The third-order valence-electron chi connectivity index (χ3n) is 5.21. The van der Waals surface area contributed by atoms with E-state index in [1.807, 2.05) is 12.1 Å². The van der Waals surface area contributed by atoms with Crippen molar-refractivity contribution in [2.75, 3.05) is 33.4 Å². The fourth-order valence-electron chi connectivity index (χ4n) is 3.73. The summed E-state index contributed by atoms with van der Waals surface area (Å²) in [5.41, 5.74) is 4.80. The largest absolute Gasteiger partial charge is 0.491 e. The molecule has 1 saturated heterocycles. The van der Waals surface area contributed by atoms with Gasteiger partial charge in [0.05, 0.1) is 18.2 Å². The number of fused-ring (bicyclic) bond motifs is 1. The van der Waals surface area contributed by atoms with Crippen LogP contribution in [-0.4, -0.2) is 50.1 Å². The Morgan fingerprint density at radius 1 is 1.04 bits per heavy atom. The molecule has 2 aliphatic heterocycles. The first kappa shape index (κ1) is 18.0. The van der Waals surface area contributed by atoms with Crippen LogP contribution in [-0.2, 0) is 16.1 Å². The maximum Gasteiger partial charge on any atom is 0.149 e. The number of rotatable bonds is 7. The van der Waals surface area contributed by atoms with Crippen LogP contribution in [0.5, 0.6) is 5.75 Å². The molecule has 0 aromatic heterocycles. The number of nitrogens with zero attached hydrogens (tertiary/aromatic N) is 2. The zero-order valence-corrected chi connectivity index (χ0v) is 15.9. The van der Waals surface area contributed by atoms with E-state index < -0.39 is 0 Å². The van der Waals surface area contributed by atoms with Gasteiger partial charge in [0.2, 0.25) is 0 Å². The van der Waals surface area contributed by atoms with Crippen LogP contribution in [0.3, 0.4) is 0 Å². The molecule has 0 bridgehead atoms. The highest BCUT2D eigenvalue weighted by Gasteiger charge is 2.42. The van der Waals surface area contributed by atoms with Crippen LogP contribution in [0.2, 0.25) is 0 Å². The Balaban J connectivity index is 1.35. The van der Waals surface area contributed by atoms with Crippen molar-refractivity contribution in [1.82, 2.24) is 4.90 Å². The summed E-state index contributed by atoms with van der Waals surface area (Å²) >= 11 is 0. The molecule has 0 radical (unpaired) electrons. The van der Waals surface area contributed by atoms with E-state index in [1.165, 1.54) is 16.7 Å². The number of hydrogen-bond acceptors (Lipinski definition) is 5. The quantitative estimate of drug-likeness (QED) is 0.706. The SMILES string of the molecule is COCCOc1ccc(CN2C[C@@H]3ON=C(c4ccc(C)cc4)[C@H]3C2)cc1. The molecule has 2 heterocycles. The van der Waals surface area contributed by atoms with Gasteiger partial charge in [-0.3, -0.25) is 4.90 Å². The highest BCUT2D eigenvalue weighted by atomic mass is 16.6. The maximum atomic E-state index is 5.73. The number of hydrogen-bond donors (Lipinski definition) is 0. The molecule has 1 fully saturated rings. The molecule has 27 heavy (non-hydrogen) atoms. The van der Waals surface area contributed by atoms with Gasteiger partial charge < -0.3 is 14.3 Å².